The fourth-order valence-electron chi connectivity index (χ4n) is 1.44. The van der Waals surface area contributed by atoms with Crippen LogP contribution in [0.15, 0.2) is 6.07 Å². The van der Waals surface area contributed by atoms with Gasteiger partial charge in [0.05, 0.1) is 4.88 Å². The Balaban J connectivity index is 2.71. The van der Waals surface area contributed by atoms with E-state index in [-0.39, 0.29) is 12.8 Å². The molecule has 7 heteroatoms. The molecule has 0 radical (unpaired) electrons. The van der Waals surface area contributed by atoms with Crippen molar-refractivity contribution in [3.8, 4) is 0 Å². The third-order valence-electron chi connectivity index (χ3n) is 2.64. The Bertz CT molecular complexity index is 489. The van der Waals surface area contributed by atoms with Crippen LogP contribution in [0.5, 0.6) is 0 Å². The number of aryl methyl sites for hydroxylation is 2. The molecule has 0 saturated carbocycles. The highest BCUT2D eigenvalue weighted by atomic mass is 32.1. The molecule has 0 aliphatic rings. The molecule has 104 valence electrons. The molecule has 0 spiro atoms. The lowest BCUT2D eigenvalue weighted by atomic mass is 10.1. The molecule has 1 rings (SSSR count). The molecule has 19 heavy (non-hydrogen) atoms. The van der Waals surface area contributed by atoms with E-state index in [0.717, 1.165) is 10.4 Å². The van der Waals surface area contributed by atoms with Gasteiger partial charge in [0, 0.05) is 11.3 Å². The maximum atomic E-state index is 11.9. The smallest absolute Gasteiger partial charge is 0.326 e. The van der Waals surface area contributed by atoms with E-state index >= 15 is 0 Å². The van der Waals surface area contributed by atoms with Crippen molar-refractivity contribution in [1.82, 2.24) is 5.32 Å². The number of carboxylic acid groups (broad SMARTS) is 2. The number of nitrogens with one attached hydrogen (secondary N) is 1. The standard InChI is InChI=1S/C12H15NO5S/c1-6-5-9(19-7(6)2)11(16)13-8(12(17)18)3-4-10(14)15/h5,8H,3-4H2,1-2H3,(H,13,16)(H,14,15)(H,17,18)/t8-/m0/s1. The minimum Gasteiger partial charge on any atom is -0.481 e. The Labute approximate surface area is 114 Å². The summed E-state index contributed by atoms with van der Waals surface area (Å²) in [6.07, 6.45) is -0.445. The Hall–Kier alpha value is -1.89. The van der Waals surface area contributed by atoms with Crippen LogP contribution < -0.4 is 5.32 Å². The van der Waals surface area contributed by atoms with Crippen molar-refractivity contribution in [1.29, 1.82) is 0 Å². The minimum absolute atomic E-state index is 0.139. The van der Waals surface area contributed by atoms with Gasteiger partial charge in [-0.15, -0.1) is 11.3 Å². The van der Waals surface area contributed by atoms with Gasteiger partial charge in [0.25, 0.3) is 5.91 Å². The summed E-state index contributed by atoms with van der Waals surface area (Å²) in [5.74, 6) is -2.82. The number of hydrogen-bond acceptors (Lipinski definition) is 4. The molecule has 1 aromatic rings. The van der Waals surface area contributed by atoms with Crippen LogP contribution in [0.3, 0.4) is 0 Å². The quantitative estimate of drug-likeness (QED) is 0.733. The summed E-state index contributed by atoms with van der Waals surface area (Å²) in [5.41, 5.74) is 0.965. The highest BCUT2D eigenvalue weighted by molar-refractivity contribution is 7.14. The van der Waals surface area contributed by atoms with Gasteiger partial charge in [-0.05, 0) is 31.9 Å². The average molecular weight is 285 g/mol. The lowest BCUT2D eigenvalue weighted by Crippen LogP contribution is -2.40. The molecular weight excluding hydrogens is 270 g/mol. The molecule has 1 heterocycles. The normalized spacial score (nSPS) is 11.9. The minimum atomic E-state index is -1.24. The molecule has 0 bridgehead atoms. The molecule has 3 N–H and O–H groups in total. The summed E-state index contributed by atoms with van der Waals surface area (Å²) < 4.78 is 0. The Morgan fingerprint density at radius 3 is 2.37 bits per heavy atom. The summed E-state index contributed by atoms with van der Waals surface area (Å²) >= 11 is 1.28. The van der Waals surface area contributed by atoms with Crippen LogP contribution in [0.25, 0.3) is 0 Å². The molecule has 0 saturated heterocycles. The summed E-state index contributed by atoms with van der Waals surface area (Å²) in [5, 5.41) is 19.8. The number of aliphatic carboxylic acids is 2. The first-order chi connectivity index (χ1) is 8.81. The van der Waals surface area contributed by atoms with Crippen molar-refractivity contribution < 1.29 is 24.6 Å². The van der Waals surface area contributed by atoms with E-state index in [4.69, 9.17) is 10.2 Å². The molecule has 1 amide bonds. The second-order valence-electron chi connectivity index (χ2n) is 4.15. The lowest BCUT2D eigenvalue weighted by molar-refractivity contribution is -0.140. The zero-order chi connectivity index (χ0) is 14.6. The van der Waals surface area contributed by atoms with Crippen molar-refractivity contribution in [3.05, 3.63) is 21.4 Å². The highest BCUT2D eigenvalue weighted by Gasteiger charge is 2.22. The fraction of sp³-hybridized carbons (Fsp3) is 0.417. The Morgan fingerprint density at radius 1 is 1.32 bits per heavy atom. The molecule has 6 nitrogen and oxygen atoms in total. The van der Waals surface area contributed by atoms with Crippen LogP contribution in [-0.4, -0.2) is 34.1 Å². The van der Waals surface area contributed by atoms with Gasteiger partial charge >= 0.3 is 11.9 Å². The average Bonchev–Trinajstić information content (AvgIpc) is 2.64. The Morgan fingerprint density at radius 2 is 1.95 bits per heavy atom. The van der Waals surface area contributed by atoms with Gasteiger partial charge in [-0.1, -0.05) is 0 Å². The van der Waals surface area contributed by atoms with Gasteiger partial charge in [-0.2, -0.15) is 0 Å². The van der Waals surface area contributed by atoms with Crippen molar-refractivity contribution >= 4 is 29.2 Å². The zero-order valence-electron chi connectivity index (χ0n) is 10.6. The largest absolute Gasteiger partial charge is 0.481 e. The van der Waals surface area contributed by atoms with E-state index in [0.29, 0.717) is 4.88 Å². The molecule has 1 aromatic heterocycles. The van der Waals surface area contributed by atoms with Gasteiger partial charge in [-0.25, -0.2) is 4.79 Å². The van der Waals surface area contributed by atoms with Gasteiger partial charge in [0.1, 0.15) is 6.04 Å². The first-order valence-corrected chi connectivity index (χ1v) is 6.45. The third kappa shape index (κ3) is 4.36. The first kappa shape index (κ1) is 15.2. The van der Waals surface area contributed by atoms with Crippen LogP contribution in [0.2, 0.25) is 0 Å². The number of carbonyl (C=O) groups is 3. The number of hydrogen-bond donors (Lipinski definition) is 3. The molecule has 1 atom stereocenters. The van der Waals surface area contributed by atoms with Gasteiger partial charge < -0.3 is 15.5 Å². The van der Waals surface area contributed by atoms with Crippen LogP contribution in [-0.2, 0) is 9.59 Å². The summed E-state index contributed by atoms with van der Waals surface area (Å²) in [4.78, 5) is 34.6. The molecule has 0 aliphatic carbocycles. The van der Waals surface area contributed by atoms with Crippen LogP contribution in [0.4, 0.5) is 0 Å². The zero-order valence-corrected chi connectivity index (χ0v) is 11.4. The number of thiophene rings is 1. The van der Waals surface area contributed by atoms with Crippen molar-refractivity contribution in [2.45, 2.75) is 32.7 Å². The number of carbonyl (C=O) groups excluding carboxylic acids is 1. The van der Waals surface area contributed by atoms with Gasteiger partial charge in [0.2, 0.25) is 0 Å². The van der Waals surface area contributed by atoms with E-state index < -0.39 is 23.9 Å². The first-order valence-electron chi connectivity index (χ1n) is 5.63. The van der Waals surface area contributed by atoms with Crippen molar-refractivity contribution in [2.75, 3.05) is 0 Å². The third-order valence-corrected chi connectivity index (χ3v) is 3.79. The number of rotatable bonds is 6. The summed E-state index contributed by atoms with van der Waals surface area (Å²) in [7, 11) is 0. The lowest BCUT2D eigenvalue weighted by Gasteiger charge is -2.12. The van der Waals surface area contributed by atoms with E-state index in [1.165, 1.54) is 11.3 Å². The highest BCUT2D eigenvalue weighted by Crippen LogP contribution is 2.20. The van der Waals surface area contributed by atoms with E-state index in [1.807, 2.05) is 13.8 Å². The number of amides is 1. The molecule has 0 aromatic carbocycles. The van der Waals surface area contributed by atoms with Crippen molar-refractivity contribution in [3.63, 3.8) is 0 Å². The predicted octanol–water partition coefficient (Wildman–Crippen LogP) is 1.41. The molecule has 0 unspecified atom stereocenters. The van der Waals surface area contributed by atoms with E-state index in [2.05, 4.69) is 5.32 Å². The van der Waals surface area contributed by atoms with Crippen LogP contribution in [0.1, 0.15) is 33.0 Å². The predicted molar refractivity (Wildman–Crippen MR) is 69.6 cm³/mol. The summed E-state index contributed by atoms with van der Waals surface area (Å²) in [6, 6.07) is 0.497. The van der Waals surface area contributed by atoms with Gasteiger partial charge in [-0.3, -0.25) is 9.59 Å². The fourth-order valence-corrected chi connectivity index (χ4v) is 2.38. The molecule has 0 fully saturated rings. The number of carboxylic acids is 2. The van der Waals surface area contributed by atoms with E-state index in [1.54, 1.807) is 6.07 Å². The van der Waals surface area contributed by atoms with Crippen LogP contribution >= 0.6 is 11.3 Å². The second kappa shape index (κ2) is 6.33. The van der Waals surface area contributed by atoms with Gasteiger partial charge in [0.15, 0.2) is 0 Å². The van der Waals surface area contributed by atoms with Crippen LogP contribution in [0, 0.1) is 13.8 Å². The maximum Gasteiger partial charge on any atom is 0.326 e. The second-order valence-corrected chi connectivity index (χ2v) is 5.40. The van der Waals surface area contributed by atoms with Crippen molar-refractivity contribution in [2.24, 2.45) is 0 Å². The Kier molecular flexibility index (Phi) is 5.05. The monoisotopic (exact) mass is 285 g/mol. The topological polar surface area (TPSA) is 104 Å². The maximum absolute atomic E-state index is 11.9. The summed E-state index contributed by atoms with van der Waals surface area (Å²) in [6.45, 7) is 3.73. The molecule has 0 aliphatic heterocycles. The van der Waals surface area contributed by atoms with E-state index in [9.17, 15) is 14.4 Å². The molecular formula is C12H15NO5S. The SMILES string of the molecule is Cc1cc(C(=O)N[C@@H](CCC(=O)O)C(=O)O)sc1C.